The Labute approximate surface area is 179 Å². The number of thiazole rings is 1. The maximum atomic E-state index is 5.04. The number of hydrogen-bond acceptors (Lipinski definition) is 6. The molecule has 3 saturated carbocycles. The maximum absolute atomic E-state index is 5.04. The van der Waals surface area contributed by atoms with Crippen LogP contribution in [0.25, 0.3) is 33.1 Å². The van der Waals surface area contributed by atoms with E-state index in [4.69, 9.17) is 9.97 Å². The smallest absolute Gasteiger partial charge is 0.162 e. The number of aromatic nitrogens is 6. The third kappa shape index (κ3) is 3.03. The molecule has 2 bridgehead atoms. The molecule has 4 aromatic heterocycles. The van der Waals surface area contributed by atoms with Crippen LogP contribution in [-0.4, -0.2) is 29.9 Å². The molecule has 152 valence electrons. The van der Waals surface area contributed by atoms with Crippen molar-refractivity contribution in [2.24, 2.45) is 23.7 Å². The summed E-state index contributed by atoms with van der Waals surface area (Å²) in [6, 6.07) is 2.16. The molecule has 3 fully saturated rings. The van der Waals surface area contributed by atoms with E-state index in [1.165, 1.54) is 25.7 Å². The average Bonchev–Trinajstić information content (AvgIpc) is 3.47. The zero-order chi connectivity index (χ0) is 20.1. The van der Waals surface area contributed by atoms with Crippen LogP contribution < -0.4 is 0 Å². The van der Waals surface area contributed by atoms with E-state index in [1.807, 2.05) is 24.0 Å². The van der Waals surface area contributed by atoms with Crippen molar-refractivity contribution in [1.82, 2.24) is 29.9 Å². The van der Waals surface area contributed by atoms with Crippen LogP contribution in [0.4, 0.5) is 0 Å². The monoisotopic (exact) mass is 416 g/mol. The van der Waals surface area contributed by atoms with Crippen LogP contribution in [-0.2, 0) is 6.42 Å². The lowest BCUT2D eigenvalue weighted by molar-refractivity contribution is 0.0339. The highest BCUT2D eigenvalue weighted by Crippen LogP contribution is 2.49. The molecule has 7 rings (SSSR count). The van der Waals surface area contributed by atoms with Gasteiger partial charge in [-0.05, 0) is 61.8 Å². The van der Waals surface area contributed by atoms with Crippen molar-refractivity contribution in [3.05, 3.63) is 42.1 Å². The molecule has 4 heterocycles. The molecule has 2 unspecified atom stereocenters. The number of nitrogens with one attached hydrogen (secondary N) is 1. The Balaban J connectivity index is 1.43. The fourth-order valence-corrected chi connectivity index (χ4v) is 6.30. The first-order valence-electron chi connectivity index (χ1n) is 10.8. The maximum Gasteiger partial charge on any atom is 0.162 e. The van der Waals surface area contributed by atoms with E-state index in [0.717, 1.165) is 68.9 Å². The van der Waals surface area contributed by atoms with Gasteiger partial charge in [0.1, 0.15) is 22.7 Å². The fourth-order valence-electron chi connectivity index (χ4n) is 5.70. The lowest BCUT2D eigenvalue weighted by atomic mass is 9.58. The standard InChI is InChI=1S/C23H24N6S/c1-13-14-2-4-15(5-3-14)17(13)8-16-9-20(23-25-6-7-30-23)29-22(28-16)19-11-26-21-18(19)10-24-12-27-21/h6-7,9-15,17H,2-5,8H2,1H3,(H,24,26,27). The number of aromatic amines is 1. The molecule has 3 aliphatic rings. The molecular formula is C23H24N6S. The van der Waals surface area contributed by atoms with Gasteiger partial charge in [-0.15, -0.1) is 11.3 Å². The summed E-state index contributed by atoms with van der Waals surface area (Å²) >= 11 is 1.62. The molecule has 0 aliphatic heterocycles. The molecule has 0 radical (unpaired) electrons. The van der Waals surface area contributed by atoms with E-state index in [9.17, 15) is 0 Å². The number of hydrogen-bond donors (Lipinski definition) is 1. The van der Waals surface area contributed by atoms with Crippen LogP contribution in [0, 0.1) is 23.7 Å². The summed E-state index contributed by atoms with van der Waals surface area (Å²) in [5, 5.41) is 3.89. The number of nitrogens with zero attached hydrogens (tertiary/aromatic N) is 5. The third-order valence-corrected chi connectivity index (χ3v) is 8.11. The molecule has 6 nitrogen and oxygen atoms in total. The van der Waals surface area contributed by atoms with Gasteiger partial charge in [0.05, 0.1) is 0 Å². The first-order valence-corrected chi connectivity index (χ1v) is 11.7. The van der Waals surface area contributed by atoms with Crippen molar-refractivity contribution in [2.45, 2.75) is 39.0 Å². The van der Waals surface area contributed by atoms with Gasteiger partial charge in [-0.1, -0.05) is 6.92 Å². The Kier molecular flexibility index (Phi) is 4.37. The SMILES string of the molecule is CC1C2CCC(CC2)C1Cc1cc(-c2nccs2)nc(-c2c[nH]c3ncncc23)n1. The topological polar surface area (TPSA) is 80.2 Å². The van der Waals surface area contributed by atoms with E-state index in [-0.39, 0.29) is 0 Å². The molecule has 2 atom stereocenters. The molecule has 3 aliphatic carbocycles. The van der Waals surface area contributed by atoms with Gasteiger partial charge in [0, 0.05) is 40.6 Å². The summed E-state index contributed by atoms with van der Waals surface area (Å²) in [7, 11) is 0. The average molecular weight is 417 g/mol. The van der Waals surface area contributed by atoms with Gasteiger partial charge in [0.2, 0.25) is 0 Å². The van der Waals surface area contributed by atoms with Gasteiger partial charge in [-0.25, -0.2) is 24.9 Å². The van der Waals surface area contributed by atoms with E-state index < -0.39 is 0 Å². The summed E-state index contributed by atoms with van der Waals surface area (Å²) in [6.07, 6.45) is 13.8. The quantitative estimate of drug-likeness (QED) is 0.497. The highest BCUT2D eigenvalue weighted by molar-refractivity contribution is 7.13. The van der Waals surface area contributed by atoms with Crippen LogP contribution in [0.15, 0.2) is 36.4 Å². The first kappa shape index (κ1) is 18.1. The first-order chi connectivity index (χ1) is 14.8. The molecule has 4 aromatic rings. The van der Waals surface area contributed by atoms with Crippen LogP contribution in [0.5, 0.6) is 0 Å². The Bertz CT molecular complexity index is 1170. The Hall–Kier alpha value is -2.67. The zero-order valence-electron chi connectivity index (χ0n) is 17.0. The summed E-state index contributed by atoms with van der Waals surface area (Å²) in [5.74, 6) is 3.96. The molecule has 0 spiro atoms. The number of rotatable bonds is 4. The van der Waals surface area contributed by atoms with Crippen LogP contribution in [0.1, 0.15) is 38.3 Å². The van der Waals surface area contributed by atoms with E-state index >= 15 is 0 Å². The van der Waals surface area contributed by atoms with Crippen LogP contribution in [0.3, 0.4) is 0 Å². The Morgan fingerprint density at radius 2 is 1.97 bits per heavy atom. The van der Waals surface area contributed by atoms with Crippen molar-refractivity contribution in [3.8, 4) is 22.1 Å². The number of fused-ring (bicyclic) bond motifs is 4. The van der Waals surface area contributed by atoms with Crippen LogP contribution in [0.2, 0.25) is 0 Å². The van der Waals surface area contributed by atoms with Gasteiger partial charge < -0.3 is 4.98 Å². The Morgan fingerprint density at radius 1 is 1.10 bits per heavy atom. The minimum absolute atomic E-state index is 0.718. The second-order valence-corrected chi connectivity index (χ2v) is 9.69. The van der Waals surface area contributed by atoms with Crippen molar-refractivity contribution in [3.63, 3.8) is 0 Å². The summed E-state index contributed by atoms with van der Waals surface area (Å²) < 4.78 is 0. The molecular weight excluding hydrogens is 392 g/mol. The largest absolute Gasteiger partial charge is 0.345 e. The van der Waals surface area contributed by atoms with E-state index in [0.29, 0.717) is 0 Å². The second kappa shape index (κ2) is 7.23. The zero-order valence-corrected chi connectivity index (χ0v) is 17.8. The van der Waals surface area contributed by atoms with E-state index in [2.05, 4.69) is 32.9 Å². The van der Waals surface area contributed by atoms with E-state index in [1.54, 1.807) is 17.7 Å². The highest BCUT2D eigenvalue weighted by atomic mass is 32.1. The highest BCUT2D eigenvalue weighted by Gasteiger charge is 2.41. The normalized spacial score (nSPS) is 25.8. The van der Waals surface area contributed by atoms with Gasteiger partial charge in [-0.2, -0.15) is 0 Å². The lowest BCUT2D eigenvalue weighted by Crippen LogP contribution is -2.39. The molecule has 0 aromatic carbocycles. The molecule has 1 N–H and O–H groups in total. The summed E-state index contributed by atoms with van der Waals surface area (Å²) in [6.45, 7) is 2.46. The van der Waals surface area contributed by atoms with Gasteiger partial charge in [0.15, 0.2) is 5.82 Å². The van der Waals surface area contributed by atoms with Crippen LogP contribution >= 0.6 is 11.3 Å². The summed E-state index contributed by atoms with van der Waals surface area (Å²) in [5.41, 5.74) is 3.79. The van der Waals surface area contributed by atoms with Crippen molar-refractivity contribution in [1.29, 1.82) is 0 Å². The lowest BCUT2D eigenvalue weighted by Gasteiger charge is -2.47. The minimum atomic E-state index is 0.718. The third-order valence-electron chi connectivity index (χ3n) is 7.31. The van der Waals surface area contributed by atoms with Gasteiger partial charge >= 0.3 is 0 Å². The van der Waals surface area contributed by atoms with Crippen molar-refractivity contribution >= 4 is 22.4 Å². The fraction of sp³-hybridized carbons (Fsp3) is 0.435. The molecule has 7 heteroatoms. The van der Waals surface area contributed by atoms with Gasteiger partial charge in [-0.3, -0.25) is 0 Å². The van der Waals surface area contributed by atoms with Gasteiger partial charge in [0.25, 0.3) is 0 Å². The second-order valence-electron chi connectivity index (χ2n) is 8.79. The summed E-state index contributed by atoms with van der Waals surface area (Å²) in [4.78, 5) is 26.2. The minimum Gasteiger partial charge on any atom is -0.345 e. The Morgan fingerprint density at radius 3 is 2.77 bits per heavy atom. The predicted octanol–water partition coefficient (Wildman–Crippen LogP) is 5.15. The predicted molar refractivity (Wildman–Crippen MR) is 118 cm³/mol. The van der Waals surface area contributed by atoms with Crippen molar-refractivity contribution in [2.75, 3.05) is 0 Å². The van der Waals surface area contributed by atoms with Crippen molar-refractivity contribution < 1.29 is 0 Å². The molecule has 0 amide bonds. The molecule has 30 heavy (non-hydrogen) atoms. The molecule has 0 saturated heterocycles. The number of H-pyrrole nitrogens is 1.